The number of esters is 1. The Kier molecular flexibility index (Phi) is 5.41. The van der Waals surface area contributed by atoms with Crippen LogP contribution in [0.3, 0.4) is 0 Å². The minimum absolute atomic E-state index is 0.0511. The van der Waals surface area contributed by atoms with E-state index in [0.29, 0.717) is 13.2 Å². The molecule has 0 saturated heterocycles. The Morgan fingerprint density at radius 3 is 2.59 bits per heavy atom. The van der Waals surface area contributed by atoms with E-state index in [2.05, 4.69) is 0 Å². The van der Waals surface area contributed by atoms with Gasteiger partial charge in [0.1, 0.15) is 0 Å². The van der Waals surface area contributed by atoms with Crippen LogP contribution in [0.15, 0.2) is 0 Å². The summed E-state index contributed by atoms with van der Waals surface area (Å²) < 4.78 is 4.81. The van der Waals surface area contributed by atoms with Crippen LogP contribution in [0, 0.1) is 5.92 Å². The maximum Gasteiger partial charge on any atom is 0.307 e. The number of hydrogen-bond acceptors (Lipinski definition) is 4. The van der Waals surface area contributed by atoms with Gasteiger partial charge in [0.05, 0.1) is 19.1 Å². The van der Waals surface area contributed by atoms with Crippen molar-refractivity contribution in [3.63, 3.8) is 0 Å². The lowest BCUT2D eigenvalue weighted by atomic mass is 10.2. The van der Waals surface area contributed by atoms with Crippen molar-refractivity contribution in [2.45, 2.75) is 39.2 Å². The summed E-state index contributed by atoms with van der Waals surface area (Å²) in [6.45, 7) is 4.36. The van der Waals surface area contributed by atoms with Gasteiger partial charge < -0.3 is 14.7 Å². The van der Waals surface area contributed by atoms with Gasteiger partial charge in [0.2, 0.25) is 5.91 Å². The Balaban J connectivity index is 2.39. The van der Waals surface area contributed by atoms with Crippen LogP contribution in [-0.2, 0) is 14.3 Å². The molecule has 1 saturated carbocycles. The Morgan fingerprint density at radius 2 is 2.12 bits per heavy atom. The molecule has 1 N–H and O–H groups in total. The molecular formula is C12H21NO4. The molecule has 0 spiro atoms. The van der Waals surface area contributed by atoms with E-state index in [4.69, 9.17) is 4.74 Å². The minimum Gasteiger partial charge on any atom is -0.466 e. The third-order valence-corrected chi connectivity index (χ3v) is 2.61. The van der Waals surface area contributed by atoms with Gasteiger partial charge in [-0.25, -0.2) is 0 Å². The highest BCUT2D eigenvalue weighted by molar-refractivity contribution is 5.81. The molecule has 0 aromatic carbocycles. The average Bonchev–Trinajstić information content (AvgIpc) is 3.06. The van der Waals surface area contributed by atoms with E-state index < -0.39 is 6.10 Å². The van der Waals surface area contributed by atoms with Crippen LogP contribution in [0.2, 0.25) is 0 Å². The van der Waals surface area contributed by atoms with Crippen LogP contribution in [0.1, 0.15) is 33.1 Å². The first-order chi connectivity index (χ1) is 8.04. The summed E-state index contributed by atoms with van der Waals surface area (Å²) in [6, 6.07) is 0. The summed E-state index contributed by atoms with van der Waals surface area (Å²) >= 11 is 0. The molecule has 1 fully saturated rings. The summed E-state index contributed by atoms with van der Waals surface area (Å²) in [6.07, 6.45) is 1.47. The molecule has 1 unspecified atom stereocenters. The summed E-state index contributed by atoms with van der Waals surface area (Å²) in [7, 11) is 0. The van der Waals surface area contributed by atoms with Crippen molar-refractivity contribution in [3.05, 3.63) is 0 Å². The molecule has 1 aliphatic carbocycles. The second kappa shape index (κ2) is 6.59. The molecular weight excluding hydrogens is 222 g/mol. The highest BCUT2D eigenvalue weighted by Gasteiger charge is 2.33. The number of carbonyl (C=O) groups is 2. The molecule has 5 heteroatoms. The van der Waals surface area contributed by atoms with Crippen LogP contribution in [0.5, 0.6) is 0 Å². The van der Waals surface area contributed by atoms with Gasteiger partial charge in [0.15, 0.2) is 0 Å². The molecule has 5 nitrogen and oxygen atoms in total. The molecule has 0 heterocycles. The van der Waals surface area contributed by atoms with Gasteiger partial charge in [0, 0.05) is 19.0 Å². The number of amides is 1. The van der Waals surface area contributed by atoms with E-state index >= 15 is 0 Å². The molecule has 0 aromatic rings. The Labute approximate surface area is 102 Å². The van der Waals surface area contributed by atoms with Crippen molar-refractivity contribution in [1.82, 2.24) is 4.90 Å². The summed E-state index contributed by atoms with van der Waals surface area (Å²) in [4.78, 5) is 24.7. The van der Waals surface area contributed by atoms with E-state index in [-0.39, 0.29) is 30.8 Å². The zero-order valence-corrected chi connectivity index (χ0v) is 10.5. The Hall–Kier alpha value is -1.10. The fourth-order valence-corrected chi connectivity index (χ4v) is 1.66. The largest absolute Gasteiger partial charge is 0.466 e. The zero-order chi connectivity index (χ0) is 12.8. The molecule has 1 amide bonds. The zero-order valence-electron chi connectivity index (χ0n) is 10.5. The summed E-state index contributed by atoms with van der Waals surface area (Å²) in [5.41, 5.74) is 0. The van der Waals surface area contributed by atoms with Crippen molar-refractivity contribution in [2.24, 2.45) is 5.92 Å². The van der Waals surface area contributed by atoms with Gasteiger partial charge in [0.25, 0.3) is 0 Å². The maximum atomic E-state index is 11.9. The van der Waals surface area contributed by atoms with Gasteiger partial charge in [-0.1, -0.05) is 0 Å². The SMILES string of the molecule is CCOC(=O)CCN(CC(C)O)C(=O)C1CC1. The molecule has 0 aromatic heterocycles. The summed E-state index contributed by atoms with van der Waals surface area (Å²) in [5, 5.41) is 9.33. The molecule has 0 aliphatic heterocycles. The Morgan fingerprint density at radius 1 is 1.47 bits per heavy atom. The van der Waals surface area contributed by atoms with Crippen LogP contribution in [0.4, 0.5) is 0 Å². The predicted molar refractivity (Wildman–Crippen MR) is 62.2 cm³/mol. The molecule has 0 radical (unpaired) electrons. The average molecular weight is 243 g/mol. The van der Waals surface area contributed by atoms with E-state index in [1.165, 1.54) is 0 Å². The van der Waals surface area contributed by atoms with Gasteiger partial charge in [-0.2, -0.15) is 0 Å². The lowest BCUT2D eigenvalue weighted by molar-refractivity contribution is -0.144. The van der Waals surface area contributed by atoms with Crippen molar-refractivity contribution in [1.29, 1.82) is 0 Å². The number of carbonyl (C=O) groups excluding carboxylic acids is 2. The number of rotatable bonds is 7. The first kappa shape index (κ1) is 14.0. The molecule has 1 atom stereocenters. The Bertz CT molecular complexity index is 274. The summed E-state index contributed by atoms with van der Waals surface area (Å²) in [5.74, 6) is -0.141. The van der Waals surface area contributed by atoms with E-state index in [1.54, 1.807) is 18.7 Å². The molecule has 0 bridgehead atoms. The van der Waals surface area contributed by atoms with E-state index in [1.807, 2.05) is 0 Å². The molecule has 1 aliphatic rings. The van der Waals surface area contributed by atoms with Gasteiger partial charge in [-0.05, 0) is 26.7 Å². The standard InChI is InChI=1S/C12H21NO4/c1-3-17-11(15)6-7-13(8-9(2)14)12(16)10-4-5-10/h9-10,14H,3-8H2,1-2H3. The van der Waals surface area contributed by atoms with Crippen molar-refractivity contribution < 1.29 is 19.4 Å². The molecule has 1 rings (SSSR count). The van der Waals surface area contributed by atoms with Crippen molar-refractivity contribution in [3.8, 4) is 0 Å². The van der Waals surface area contributed by atoms with Crippen molar-refractivity contribution >= 4 is 11.9 Å². The monoisotopic (exact) mass is 243 g/mol. The van der Waals surface area contributed by atoms with Gasteiger partial charge in [-0.15, -0.1) is 0 Å². The highest BCUT2D eigenvalue weighted by Crippen LogP contribution is 2.31. The van der Waals surface area contributed by atoms with E-state index in [0.717, 1.165) is 12.8 Å². The minimum atomic E-state index is -0.570. The van der Waals surface area contributed by atoms with Crippen LogP contribution in [-0.4, -0.2) is 47.7 Å². The topological polar surface area (TPSA) is 66.8 Å². The van der Waals surface area contributed by atoms with Gasteiger partial charge in [-0.3, -0.25) is 9.59 Å². The first-order valence-electron chi connectivity index (χ1n) is 6.17. The predicted octanol–water partition coefficient (Wildman–Crippen LogP) is 0.559. The third kappa shape index (κ3) is 5.17. The first-order valence-corrected chi connectivity index (χ1v) is 6.17. The van der Waals surface area contributed by atoms with E-state index in [9.17, 15) is 14.7 Å². The molecule has 17 heavy (non-hydrogen) atoms. The second-order valence-electron chi connectivity index (χ2n) is 4.46. The van der Waals surface area contributed by atoms with Gasteiger partial charge >= 0.3 is 5.97 Å². The fourth-order valence-electron chi connectivity index (χ4n) is 1.66. The van der Waals surface area contributed by atoms with Crippen LogP contribution in [0.25, 0.3) is 0 Å². The number of aliphatic hydroxyl groups excluding tert-OH is 1. The van der Waals surface area contributed by atoms with Crippen LogP contribution >= 0.6 is 0 Å². The molecule has 98 valence electrons. The highest BCUT2D eigenvalue weighted by atomic mass is 16.5. The number of nitrogens with zero attached hydrogens (tertiary/aromatic N) is 1. The maximum absolute atomic E-state index is 11.9. The second-order valence-corrected chi connectivity index (χ2v) is 4.46. The third-order valence-electron chi connectivity index (χ3n) is 2.61. The number of ether oxygens (including phenoxy) is 1. The lowest BCUT2D eigenvalue weighted by Gasteiger charge is -2.23. The smallest absolute Gasteiger partial charge is 0.307 e. The number of aliphatic hydroxyl groups is 1. The fraction of sp³-hybridized carbons (Fsp3) is 0.833. The van der Waals surface area contributed by atoms with Crippen molar-refractivity contribution in [2.75, 3.05) is 19.7 Å². The quantitative estimate of drug-likeness (QED) is 0.663. The normalized spacial score (nSPS) is 16.4. The lowest BCUT2D eigenvalue weighted by Crippen LogP contribution is -2.39. The number of hydrogen-bond donors (Lipinski definition) is 1. The van der Waals surface area contributed by atoms with Crippen LogP contribution < -0.4 is 0 Å².